The Morgan fingerprint density at radius 2 is 2.25 bits per heavy atom. The summed E-state index contributed by atoms with van der Waals surface area (Å²) in [5.74, 6) is -3.03. The smallest absolute Gasteiger partial charge is 0.407 e. The number of hydrogen-bond acceptors (Lipinski definition) is 2. The summed E-state index contributed by atoms with van der Waals surface area (Å²) in [5, 5.41) is 8.74. The van der Waals surface area contributed by atoms with E-state index < -0.39 is 12.0 Å². The topological polar surface area (TPSA) is 57.6 Å². The fourth-order valence-corrected chi connectivity index (χ4v) is 2.06. The van der Waals surface area contributed by atoms with Gasteiger partial charge >= 0.3 is 6.09 Å². The third kappa shape index (κ3) is 3.75. The van der Waals surface area contributed by atoms with Crippen molar-refractivity contribution in [3.63, 3.8) is 0 Å². The third-order valence-electron chi connectivity index (χ3n) is 2.79. The highest BCUT2D eigenvalue weighted by molar-refractivity contribution is 5.69. The molecule has 1 unspecified atom stereocenters. The number of alkyl halides is 2. The Morgan fingerprint density at radius 1 is 1.56 bits per heavy atom. The van der Waals surface area contributed by atoms with Crippen molar-refractivity contribution in [2.24, 2.45) is 5.92 Å². The molecular weight excluding hydrogens is 220 g/mol. The van der Waals surface area contributed by atoms with Crippen LogP contribution in [0, 0.1) is 5.92 Å². The van der Waals surface area contributed by atoms with Crippen molar-refractivity contribution in [1.29, 1.82) is 0 Å². The standard InChI is InChI=1S/C10H15F2NO3/c11-10(12)3-1-2-8(6-10)7-13(4-5-14)9(15)16/h5,8H,1-4,6-7H2,(H,15,16). The summed E-state index contributed by atoms with van der Waals surface area (Å²) in [6, 6.07) is 0. The van der Waals surface area contributed by atoms with E-state index >= 15 is 0 Å². The Hall–Kier alpha value is -1.20. The summed E-state index contributed by atoms with van der Waals surface area (Å²) in [6.45, 7) is -0.235. The van der Waals surface area contributed by atoms with Crippen LogP contribution in [0.15, 0.2) is 0 Å². The molecule has 4 nitrogen and oxygen atoms in total. The molecule has 1 amide bonds. The predicted molar refractivity (Wildman–Crippen MR) is 52.6 cm³/mol. The first-order chi connectivity index (χ1) is 7.44. The largest absolute Gasteiger partial charge is 0.465 e. The van der Waals surface area contributed by atoms with Gasteiger partial charge in [0.1, 0.15) is 6.29 Å². The molecule has 0 aromatic heterocycles. The summed E-state index contributed by atoms with van der Waals surface area (Å²) in [5.41, 5.74) is 0. The van der Waals surface area contributed by atoms with E-state index in [0.29, 0.717) is 19.1 Å². The maximum atomic E-state index is 13.1. The van der Waals surface area contributed by atoms with Crippen molar-refractivity contribution >= 4 is 12.4 Å². The molecule has 0 spiro atoms. The van der Waals surface area contributed by atoms with E-state index in [4.69, 9.17) is 5.11 Å². The van der Waals surface area contributed by atoms with Gasteiger partial charge in [0, 0.05) is 19.4 Å². The van der Waals surface area contributed by atoms with E-state index in [-0.39, 0.29) is 31.8 Å². The molecule has 16 heavy (non-hydrogen) atoms. The maximum Gasteiger partial charge on any atom is 0.407 e. The van der Waals surface area contributed by atoms with Gasteiger partial charge in [-0.05, 0) is 18.8 Å². The van der Waals surface area contributed by atoms with Crippen molar-refractivity contribution in [3.8, 4) is 0 Å². The van der Waals surface area contributed by atoms with Crippen LogP contribution < -0.4 is 0 Å². The maximum absolute atomic E-state index is 13.1. The lowest BCUT2D eigenvalue weighted by molar-refractivity contribution is -0.108. The second-order valence-electron chi connectivity index (χ2n) is 4.17. The predicted octanol–water partition coefficient (Wildman–Crippen LogP) is 1.99. The Labute approximate surface area is 92.2 Å². The molecule has 0 radical (unpaired) electrons. The van der Waals surface area contributed by atoms with Gasteiger partial charge in [0.15, 0.2) is 0 Å². The van der Waals surface area contributed by atoms with Gasteiger partial charge < -0.3 is 14.8 Å². The van der Waals surface area contributed by atoms with Gasteiger partial charge in [-0.3, -0.25) is 0 Å². The summed E-state index contributed by atoms with van der Waals surface area (Å²) in [6.07, 6.45) is -0.166. The summed E-state index contributed by atoms with van der Waals surface area (Å²) >= 11 is 0. The van der Waals surface area contributed by atoms with Crippen molar-refractivity contribution < 1.29 is 23.5 Å². The lowest BCUT2D eigenvalue weighted by Crippen LogP contribution is -2.39. The molecule has 0 aromatic carbocycles. The zero-order chi connectivity index (χ0) is 12.2. The fraction of sp³-hybridized carbons (Fsp3) is 0.800. The second-order valence-corrected chi connectivity index (χ2v) is 4.17. The molecule has 1 atom stereocenters. The molecule has 92 valence electrons. The van der Waals surface area contributed by atoms with Crippen LogP contribution in [0.4, 0.5) is 13.6 Å². The highest BCUT2D eigenvalue weighted by Gasteiger charge is 2.37. The molecule has 1 N–H and O–H groups in total. The van der Waals surface area contributed by atoms with Gasteiger partial charge in [0.25, 0.3) is 0 Å². The number of halogens is 2. The van der Waals surface area contributed by atoms with Crippen molar-refractivity contribution in [2.45, 2.75) is 31.6 Å². The van der Waals surface area contributed by atoms with Crippen LogP contribution in [0.2, 0.25) is 0 Å². The van der Waals surface area contributed by atoms with E-state index in [1.54, 1.807) is 0 Å². The number of nitrogens with zero attached hydrogens (tertiary/aromatic N) is 1. The summed E-state index contributed by atoms with van der Waals surface area (Å²) < 4.78 is 26.1. The molecule has 0 aliphatic heterocycles. The Morgan fingerprint density at radius 3 is 2.75 bits per heavy atom. The molecule has 6 heteroatoms. The van der Waals surface area contributed by atoms with Gasteiger partial charge in [0.2, 0.25) is 5.92 Å². The molecule has 0 aromatic rings. The minimum atomic E-state index is -2.69. The number of carboxylic acid groups (broad SMARTS) is 1. The van der Waals surface area contributed by atoms with Gasteiger partial charge in [-0.25, -0.2) is 13.6 Å². The van der Waals surface area contributed by atoms with E-state index in [9.17, 15) is 18.4 Å². The van der Waals surface area contributed by atoms with Crippen LogP contribution >= 0.6 is 0 Å². The second kappa shape index (κ2) is 5.23. The first-order valence-electron chi connectivity index (χ1n) is 5.24. The minimum absolute atomic E-state index is 0.0175. The van der Waals surface area contributed by atoms with Crippen LogP contribution in [0.3, 0.4) is 0 Å². The summed E-state index contributed by atoms with van der Waals surface area (Å²) in [7, 11) is 0. The average Bonchev–Trinajstić information content (AvgIpc) is 2.15. The normalized spacial score (nSPS) is 23.8. The number of carbonyl (C=O) groups excluding carboxylic acids is 1. The SMILES string of the molecule is O=CCN(CC1CCCC(F)(F)C1)C(=O)O. The Kier molecular flexibility index (Phi) is 4.20. The third-order valence-corrected chi connectivity index (χ3v) is 2.79. The molecule has 1 rings (SSSR count). The molecule has 0 bridgehead atoms. The number of rotatable bonds is 4. The minimum Gasteiger partial charge on any atom is -0.465 e. The first kappa shape index (κ1) is 12.9. The first-order valence-corrected chi connectivity index (χ1v) is 5.24. The van der Waals surface area contributed by atoms with Crippen molar-refractivity contribution in [3.05, 3.63) is 0 Å². The Balaban J connectivity index is 2.51. The van der Waals surface area contributed by atoms with E-state index in [1.807, 2.05) is 0 Å². The van der Waals surface area contributed by atoms with Gasteiger partial charge in [-0.15, -0.1) is 0 Å². The number of aldehydes is 1. The van der Waals surface area contributed by atoms with Crippen LogP contribution in [0.5, 0.6) is 0 Å². The molecule has 0 saturated heterocycles. The molecule has 1 saturated carbocycles. The van der Waals surface area contributed by atoms with Crippen LogP contribution in [0.1, 0.15) is 25.7 Å². The van der Waals surface area contributed by atoms with Gasteiger partial charge in [0.05, 0.1) is 6.54 Å². The number of hydrogen-bond donors (Lipinski definition) is 1. The zero-order valence-corrected chi connectivity index (χ0v) is 8.86. The van der Waals surface area contributed by atoms with E-state index in [1.165, 1.54) is 0 Å². The number of amides is 1. The van der Waals surface area contributed by atoms with Crippen LogP contribution in [0.25, 0.3) is 0 Å². The number of carbonyl (C=O) groups is 2. The average molecular weight is 235 g/mol. The highest BCUT2D eigenvalue weighted by Crippen LogP contribution is 2.36. The van der Waals surface area contributed by atoms with Crippen molar-refractivity contribution in [2.75, 3.05) is 13.1 Å². The Bertz CT molecular complexity index is 271. The molecule has 0 heterocycles. The lowest BCUT2D eigenvalue weighted by atomic mass is 9.86. The molecular formula is C10H15F2NO3. The molecule has 1 aliphatic rings. The lowest BCUT2D eigenvalue weighted by Gasteiger charge is -2.31. The monoisotopic (exact) mass is 235 g/mol. The highest BCUT2D eigenvalue weighted by atomic mass is 19.3. The van der Waals surface area contributed by atoms with E-state index in [0.717, 1.165) is 4.90 Å². The summed E-state index contributed by atoms with van der Waals surface area (Å²) in [4.78, 5) is 21.8. The molecule has 1 aliphatic carbocycles. The van der Waals surface area contributed by atoms with E-state index in [2.05, 4.69) is 0 Å². The quantitative estimate of drug-likeness (QED) is 0.758. The fourth-order valence-electron chi connectivity index (χ4n) is 2.06. The van der Waals surface area contributed by atoms with Gasteiger partial charge in [-0.2, -0.15) is 0 Å². The van der Waals surface area contributed by atoms with Gasteiger partial charge in [-0.1, -0.05) is 0 Å². The van der Waals surface area contributed by atoms with Crippen LogP contribution in [-0.2, 0) is 4.79 Å². The van der Waals surface area contributed by atoms with Crippen molar-refractivity contribution in [1.82, 2.24) is 4.90 Å². The van der Waals surface area contributed by atoms with Crippen LogP contribution in [-0.4, -0.2) is 41.4 Å². The molecule has 1 fully saturated rings. The zero-order valence-electron chi connectivity index (χ0n) is 8.86.